The summed E-state index contributed by atoms with van der Waals surface area (Å²) in [4.78, 5) is 22.7. The summed E-state index contributed by atoms with van der Waals surface area (Å²) in [5.41, 5.74) is 2.05. The van der Waals surface area contributed by atoms with E-state index in [4.69, 9.17) is 24.5 Å². The van der Waals surface area contributed by atoms with Crippen LogP contribution in [0.4, 0.5) is 0 Å². The molecule has 0 aliphatic carbocycles. The minimum absolute atomic E-state index is 0.794. The Bertz CT molecular complexity index is 630. The lowest BCUT2D eigenvalue weighted by Crippen LogP contribution is -2.09. The van der Waals surface area contributed by atoms with Crippen LogP contribution in [0.2, 0.25) is 0 Å². The molecule has 0 bridgehead atoms. The van der Waals surface area contributed by atoms with E-state index in [1.807, 2.05) is 31.3 Å². The average molecular weight is 292 g/mol. The van der Waals surface area contributed by atoms with E-state index in [-0.39, 0.29) is 0 Å². The van der Waals surface area contributed by atoms with E-state index in [0.29, 0.717) is 0 Å². The van der Waals surface area contributed by atoms with Gasteiger partial charge in [-0.1, -0.05) is 6.07 Å². The Morgan fingerprint density at radius 2 is 1.86 bits per heavy atom. The lowest BCUT2D eigenvalue weighted by molar-refractivity contribution is -0.159. The molecule has 0 aliphatic heterocycles. The Kier molecular flexibility index (Phi) is 6.09. The molecule has 112 valence electrons. The van der Waals surface area contributed by atoms with Crippen LogP contribution in [0, 0.1) is 0 Å². The smallest absolute Gasteiger partial charge is 0.414 e. The first kappa shape index (κ1) is 16.4. The molecular formula is C14H16N2O5. The molecule has 0 fully saturated rings. The third-order valence-electron chi connectivity index (χ3n) is 2.49. The SMILES string of the molecule is CNCc1ccc2cc(OC)ccc2n1.O=C(O)C(=O)O. The van der Waals surface area contributed by atoms with E-state index >= 15 is 0 Å². The van der Waals surface area contributed by atoms with Crippen LogP contribution in [0.25, 0.3) is 10.9 Å². The number of carbonyl (C=O) groups is 2. The quantitative estimate of drug-likeness (QED) is 0.727. The van der Waals surface area contributed by atoms with Gasteiger partial charge >= 0.3 is 11.9 Å². The number of aromatic nitrogens is 1. The van der Waals surface area contributed by atoms with Crippen LogP contribution in [0.1, 0.15) is 5.69 Å². The largest absolute Gasteiger partial charge is 0.497 e. The zero-order valence-electron chi connectivity index (χ0n) is 11.7. The highest BCUT2D eigenvalue weighted by atomic mass is 16.5. The van der Waals surface area contributed by atoms with Crippen molar-refractivity contribution in [3.05, 3.63) is 36.0 Å². The topological polar surface area (TPSA) is 109 Å². The summed E-state index contributed by atoms with van der Waals surface area (Å²) in [6.07, 6.45) is 0. The molecule has 0 amide bonds. The molecule has 0 saturated heterocycles. The Morgan fingerprint density at radius 1 is 1.19 bits per heavy atom. The van der Waals surface area contributed by atoms with Gasteiger partial charge in [0.15, 0.2) is 0 Å². The standard InChI is InChI=1S/C12H14N2O.C2H2O4/c1-13-8-10-4-3-9-7-11(15-2)5-6-12(9)14-10;3-1(4)2(5)6/h3-7,13H,8H2,1-2H3;(H,3,4)(H,5,6). The summed E-state index contributed by atoms with van der Waals surface area (Å²) in [7, 11) is 3.59. The van der Waals surface area contributed by atoms with Gasteiger partial charge in [-0.3, -0.25) is 4.98 Å². The molecule has 0 spiro atoms. The molecule has 1 heterocycles. The fourth-order valence-corrected chi connectivity index (χ4v) is 1.55. The number of ether oxygens (including phenoxy) is 1. The summed E-state index contributed by atoms with van der Waals surface area (Å²) in [5, 5.41) is 19.0. The number of benzene rings is 1. The van der Waals surface area contributed by atoms with Crippen LogP contribution < -0.4 is 10.1 Å². The number of carboxylic acids is 2. The van der Waals surface area contributed by atoms with Crippen LogP contribution in [0.3, 0.4) is 0 Å². The average Bonchev–Trinajstić information content (AvgIpc) is 2.47. The van der Waals surface area contributed by atoms with E-state index in [1.54, 1.807) is 7.11 Å². The highest BCUT2D eigenvalue weighted by Gasteiger charge is 2.04. The minimum Gasteiger partial charge on any atom is -0.497 e. The number of nitrogens with zero attached hydrogens (tertiary/aromatic N) is 1. The van der Waals surface area contributed by atoms with Crippen LogP contribution in [-0.2, 0) is 16.1 Å². The van der Waals surface area contributed by atoms with Gasteiger partial charge in [0.2, 0.25) is 0 Å². The fraction of sp³-hybridized carbons (Fsp3) is 0.214. The lowest BCUT2D eigenvalue weighted by atomic mass is 10.2. The Hall–Kier alpha value is -2.67. The van der Waals surface area contributed by atoms with Crippen molar-refractivity contribution in [1.82, 2.24) is 10.3 Å². The lowest BCUT2D eigenvalue weighted by Gasteiger charge is -2.04. The number of hydrogen-bond acceptors (Lipinski definition) is 5. The van der Waals surface area contributed by atoms with E-state index in [1.165, 1.54) is 0 Å². The van der Waals surface area contributed by atoms with E-state index < -0.39 is 11.9 Å². The van der Waals surface area contributed by atoms with Crippen molar-refractivity contribution in [1.29, 1.82) is 0 Å². The highest BCUT2D eigenvalue weighted by Crippen LogP contribution is 2.19. The maximum Gasteiger partial charge on any atom is 0.414 e. The predicted octanol–water partition coefficient (Wildman–Crippen LogP) is 1.12. The van der Waals surface area contributed by atoms with Gasteiger partial charge in [0, 0.05) is 11.9 Å². The van der Waals surface area contributed by atoms with E-state index in [2.05, 4.69) is 16.4 Å². The normalized spacial score (nSPS) is 9.62. The molecule has 1 aromatic heterocycles. The van der Waals surface area contributed by atoms with Crippen LogP contribution in [0.15, 0.2) is 30.3 Å². The van der Waals surface area contributed by atoms with Crippen molar-refractivity contribution >= 4 is 22.8 Å². The second-order valence-electron chi connectivity index (χ2n) is 4.00. The first-order valence-electron chi connectivity index (χ1n) is 6.02. The first-order chi connectivity index (χ1) is 9.97. The van der Waals surface area contributed by atoms with Crippen molar-refractivity contribution in [3.8, 4) is 5.75 Å². The number of fused-ring (bicyclic) bond motifs is 1. The second-order valence-corrected chi connectivity index (χ2v) is 4.00. The summed E-state index contributed by atoms with van der Waals surface area (Å²) < 4.78 is 5.16. The van der Waals surface area contributed by atoms with Crippen molar-refractivity contribution in [3.63, 3.8) is 0 Å². The number of rotatable bonds is 3. The van der Waals surface area contributed by atoms with E-state index in [0.717, 1.165) is 28.9 Å². The molecule has 7 nitrogen and oxygen atoms in total. The molecular weight excluding hydrogens is 276 g/mol. The minimum atomic E-state index is -1.82. The maximum atomic E-state index is 9.10. The van der Waals surface area contributed by atoms with Gasteiger partial charge in [-0.25, -0.2) is 9.59 Å². The number of hydrogen-bond donors (Lipinski definition) is 3. The number of pyridine rings is 1. The van der Waals surface area contributed by atoms with Gasteiger partial charge in [0.05, 0.1) is 18.3 Å². The Labute approximate surface area is 121 Å². The molecule has 2 aromatic rings. The molecule has 1 aromatic carbocycles. The van der Waals surface area contributed by atoms with Gasteiger partial charge in [-0.15, -0.1) is 0 Å². The van der Waals surface area contributed by atoms with Crippen molar-refractivity contribution in [2.75, 3.05) is 14.2 Å². The Morgan fingerprint density at radius 3 is 2.38 bits per heavy atom. The summed E-state index contributed by atoms with van der Waals surface area (Å²) >= 11 is 0. The number of aliphatic carboxylic acids is 2. The van der Waals surface area contributed by atoms with Crippen molar-refractivity contribution in [2.45, 2.75) is 6.54 Å². The molecule has 2 rings (SSSR count). The maximum absolute atomic E-state index is 9.10. The molecule has 0 atom stereocenters. The molecule has 0 saturated carbocycles. The molecule has 0 unspecified atom stereocenters. The monoisotopic (exact) mass is 292 g/mol. The zero-order chi connectivity index (χ0) is 15.8. The zero-order valence-corrected chi connectivity index (χ0v) is 11.7. The summed E-state index contributed by atoms with van der Waals surface area (Å²) in [6, 6.07) is 9.99. The van der Waals surface area contributed by atoms with Crippen molar-refractivity contribution in [2.24, 2.45) is 0 Å². The van der Waals surface area contributed by atoms with Gasteiger partial charge in [0.25, 0.3) is 0 Å². The fourth-order valence-electron chi connectivity index (χ4n) is 1.55. The third kappa shape index (κ3) is 5.07. The van der Waals surface area contributed by atoms with E-state index in [9.17, 15) is 0 Å². The first-order valence-corrected chi connectivity index (χ1v) is 6.02. The summed E-state index contributed by atoms with van der Waals surface area (Å²) in [6.45, 7) is 0.794. The highest BCUT2D eigenvalue weighted by molar-refractivity contribution is 6.27. The second kappa shape index (κ2) is 7.81. The Balaban J connectivity index is 0.000000315. The summed E-state index contributed by atoms with van der Waals surface area (Å²) in [5.74, 6) is -2.78. The number of methoxy groups -OCH3 is 1. The van der Waals surface area contributed by atoms with Gasteiger partial charge in [-0.05, 0) is 31.3 Å². The molecule has 3 N–H and O–H groups in total. The van der Waals surface area contributed by atoms with Gasteiger partial charge in [0.1, 0.15) is 5.75 Å². The van der Waals surface area contributed by atoms with Gasteiger partial charge < -0.3 is 20.3 Å². The van der Waals surface area contributed by atoms with Crippen LogP contribution in [-0.4, -0.2) is 41.3 Å². The van der Waals surface area contributed by atoms with Gasteiger partial charge in [-0.2, -0.15) is 0 Å². The molecule has 7 heteroatoms. The third-order valence-corrected chi connectivity index (χ3v) is 2.49. The molecule has 0 aliphatic rings. The molecule has 0 radical (unpaired) electrons. The number of carboxylic acid groups (broad SMARTS) is 2. The molecule has 21 heavy (non-hydrogen) atoms. The van der Waals surface area contributed by atoms with Crippen LogP contribution in [0.5, 0.6) is 5.75 Å². The predicted molar refractivity (Wildman–Crippen MR) is 76.3 cm³/mol. The van der Waals surface area contributed by atoms with Crippen LogP contribution >= 0.6 is 0 Å². The van der Waals surface area contributed by atoms with Crippen molar-refractivity contribution < 1.29 is 24.5 Å². The number of nitrogens with one attached hydrogen (secondary N) is 1.